The Morgan fingerprint density at radius 2 is 1.87 bits per heavy atom. The largest absolute Gasteiger partial charge is 0.335 e. The maximum atomic E-state index is 12.6. The van der Waals surface area contributed by atoms with Crippen LogP contribution in [0.15, 0.2) is 35.4 Å². The van der Waals surface area contributed by atoms with E-state index in [0.29, 0.717) is 5.56 Å². The molecule has 0 aliphatic rings. The highest BCUT2D eigenvalue weighted by Crippen LogP contribution is 2.22. The van der Waals surface area contributed by atoms with Crippen molar-refractivity contribution in [2.45, 2.75) is 24.8 Å². The summed E-state index contributed by atoms with van der Waals surface area (Å²) in [6.07, 6.45) is 1.55. The quantitative estimate of drug-likeness (QED) is 0.907. The molecule has 0 aliphatic heterocycles. The van der Waals surface area contributed by atoms with Gasteiger partial charge in [0.2, 0.25) is 10.0 Å². The molecule has 0 unspecified atom stereocenters. The van der Waals surface area contributed by atoms with Crippen molar-refractivity contribution in [2.75, 3.05) is 7.05 Å². The number of carbonyl (C=O) groups excluding carboxylic acids is 1. The fraction of sp³-hybridized carbons (Fsp3) is 0.333. The number of rotatable bonds is 4. The lowest BCUT2D eigenvalue weighted by Gasteiger charge is -2.25. The Balaban J connectivity index is 2.24. The lowest BCUT2D eigenvalue weighted by molar-refractivity contribution is 0.0741. The second kappa shape index (κ2) is 6.13. The predicted molar refractivity (Wildman–Crippen MR) is 86.3 cm³/mol. The zero-order valence-corrected chi connectivity index (χ0v) is 14.3. The molecule has 0 bridgehead atoms. The highest BCUT2D eigenvalue weighted by Gasteiger charge is 2.22. The van der Waals surface area contributed by atoms with Gasteiger partial charge in [0.05, 0.1) is 22.7 Å². The Hall–Kier alpha value is -2.19. The third kappa shape index (κ3) is 3.43. The lowest BCUT2D eigenvalue weighted by Crippen LogP contribution is -2.30. The Labute approximate surface area is 135 Å². The summed E-state index contributed by atoms with van der Waals surface area (Å²) in [4.78, 5) is 14.2. The van der Waals surface area contributed by atoms with Crippen molar-refractivity contribution in [3.05, 3.63) is 47.3 Å². The molecule has 0 spiro atoms. The number of carbonyl (C=O) groups is 1. The van der Waals surface area contributed by atoms with Crippen LogP contribution in [-0.4, -0.2) is 36.1 Å². The monoisotopic (exact) mass is 336 g/mol. The lowest BCUT2D eigenvalue weighted by atomic mass is 10.1. The van der Waals surface area contributed by atoms with Gasteiger partial charge in [-0.25, -0.2) is 13.6 Å². The molecule has 0 saturated carbocycles. The number of aryl methyl sites for hydroxylation is 1. The highest BCUT2D eigenvalue weighted by molar-refractivity contribution is 7.89. The summed E-state index contributed by atoms with van der Waals surface area (Å²) in [7, 11) is -0.239. The van der Waals surface area contributed by atoms with Crippen molar-refractivity contribution < 1.29 is 13.2 Å². The van der Waals surface area contributed by atoms with Crippen LogP contribution in [-0.2, 0) is 17.1 Å². The number of amides is 1. The molecule has 0 saturated heterocycles. The van der Waals surface area contributed by atoms with Crippen LogP contribution in [0.4, 0.5) is 0 Å². The van der Waals surface area contributed by atoms with E-state index in [9.17, 15) is 13.2 Å². The second-order valence-corrected chi connectivity index (χ2v) is 7.03. The van der Waals surface area contributed by atoms with Crippen molar-refractivity contribution >= 4 is 15.9 Å². The Morgan fingerprint density at radius 3 is 2.30 bits per heavy atom. The molecule has 7 nitrogen and oxygen atoms in total. The third-order valence-corrected chi connectivity index (χ3v) is 4.99. The number of benzene rings is 1. The van der Waals surface area contributed by atoms with Crippen LogP contribution < -0.4 is 5.14 Å². The van der Waals surface area contributed by atoms with Crippen molar-refractivity contribution in [3.8, 4) is 0 Å². The minimum absolute atomic E-state index is 0.0468. The molecule has 1 heterocycles. The number of aromatic nitrogens is 2. The van der Waals surface area contributed by atoms with E-state index in [1.807, 2.05) is 13.8 Å². The van der Waals surface area contributed by atoms with Gasteiger partial charge >= 0.3 is 0 Å². The summed E-state index contributed by atoms with van der Waals surface area (Å²) >= 11 is 0. The molecule has 2 aromatic rings. The number of nitrogens with zero attached hydrogens (tertiary/aromatic N) is 3. The van der Waals surface area contributed by atoms with Gasteiger partial charge in [-0.05, 0) is 31.5 Å². The van der Waals surface area contributed by atoms with E-state index < -0.39 is 10.0 Å². The first-order chi connectivity index (χ1) is 10.6. The fourth-order valence-electron chi connectivity index (χ4n) is 2.23. The maximum Gasteiger partial charge on any atom is 0.257 e. The first-order valence-corrected chi connectivity index (χ1v) is 8.56. The van der Waals surface area contributed by atoms with Crippen LogP contribution in [0.25, 0.3) is 0 Å². The van der Waals surface area contributed by atoms with Crippen molar-refractivity contribution in [3.63, 3.8) is 0 Å². The number of hydrogen-bond donors (Lipinski definition) is 1. The minimum Gasteiger partial charge on any atom is -0.335 e. The second-order valence-electron chi connectivity index (χ2n) is 5.47. The van der Waals surface area contributed by atoms with Gasteiger partial charge < -0.3 is 4.90 Å². The topological polar surface area (TPSA) is 98.3 Å². The van der Waals surface area contributed by atoms with E-state index in [2.05, 4.69) is 5.10 Å². The van der Waals surface area contributed by atoms with Crippen LogP contribution in [0.5, 0.6) is 0 Å². The van der Waals surface area contributed by atoms with Crippen molar-refractivity contribution in [2.24, 2.45) is 12.2 Å². The zero-order valence-electron chi connectivity index (χ0n) is 13.5. The summed E-state index contributed by atoms with van der Waals surface area (Å²) in [5, 5.41) is 9.16. The summed E-state index contributed by atoms with van der Waals surface area (Å²) in [5.41, 5.74) is 2.15. The number of nitrogens with two attached hydrogens (primary N) is 1. The summed E-state index contributed by atoms with van der Waals surface area (Å²) in [6.45, 7) is 3.70. The average Bonchev–Trinajstić information content (AvgIpc) is 2.84. The van der Waals surface area contributed by atoms with Crippen LogP contribution in [0.1, 0.15) is 34.6 Å². The normalized spacial score (nSPS) is 12.9. The molecule has 2 rings (SSSR count). The van der Waals surface area contributed by atoms with E-state index in [4.69, 9.17) is 5.14 Å². The molecular weight excluding hydrogens is 316 g/mol. The first-order valence-electron chi connectivity index (χ1n) is 7.01. The van der Waals surface area contributed by atoms with Crippen LogP contribution in [0.3, 0.4) is 0 Å². The Kier molecular flexibility index (Phi) is 4.58. The average molecular weight is 336 g/mol. The van der Waals surface area contributed by atoms with E-state index in [-0.39, 0.29) is 16.8 Å². The first kappa shape index (κ1) is 17.2. The number of sulfonamides is 1. The van der Waals surface area contributed by atoms with Gasteiger partial charge in [-0.2, -0.15) is 5.10 Å². The van der Waals surface area contributed by atoms with Crippen LogP contribution in [0.2, 0.25) is 0 Å². The third-order valence-electron chi connectivity index (χ3n) is 4.06. The van der Waals surface area contributed by atoms with Gasteiger partial charge in [-0.3, -0.25) is 9.48 Å². The van der Waals surface area contributed by atoms with Gasteiger partial charge in [0.15, 0.2) is 0 Å². The minimum atomic E-state index is -3.72. The molecule has 8 heteroatoms. The SMILES string of the molecule is Cc1c(C(=O)N(C)[C@@H](C)c2ccc(S(N)(=O)=O)cc2)cnn1C. The standard InChI is InChI=1S/C15H20N4O3S/c1-10(12-5-7-13(8-6-12)23(16,21)22)18(3)15(20)14-9-17-19(4)11(14)2/h5-10H,1-4H3,(H2,16,21,22)/t10-/m0/s1. The summed E-state index contributed by atoms with van der Waals surface area (Å²) in [6, 6.07) is 5.97. The fourth-order valence-corrected chi connectivity index (χ4v) is 2.75. The van der Waals surface area contributed by atoms with E-state index in [1.165, 1.54) is 12.1 Å². The van der Waals surface area contributed by atoms with Gasteiger partial charge in [-0.1, -0.05) is 12.1 Å². The van der Waals surface area contributed by atoms with Gasteiger partial charge in [0, 0.05) is 19.8 Å². The Bertz CT molecular complexity index is 825. The van der Waals surface area contributed by atoms with Crippen LogP contribution >= 0.6 is 0 Å². The van der Waals surface area contributed by atoms with Gasteiger partial charge in [0.1, 0.15) is 0 Å². The molecule has 2 N–H and O–H groups in total. The van der Waals surface area contributed by atoms with Crippen molar-refractivity contribution in [1.29, 1.82) is 0 Å². The van der Waals surface area contributed by atoms with Gasteiger partial charge in [-0.15, -0.1) is 0 Å². The number of hydrogen-bond acceptors (Lipinski definition) is 4. The molecule has 1 amide bonds. The smallest absolute Gasteiger partial charge is 0.257 e. The maximum absolute atomic E-state index is 12.6. The molecule has 0 radical (unpaired) electrons. The molecule has 124 valence electrons. The van der Waals surface area contributed by atoms with E-state index in [1.54, 1.807) is 42.0 Å². The van der Waals surface area contributed by atoms with Crippen LogP contribution in [0, 0.1) is 6.92 Å². The summed E-state index contributed by atoms with van der Waals surface area (Å²) in [5.74, 6) is -0.140. The molecule has 1 aromatic heterocycles. The molecule has 23 heavy (non-hydrogen) atoms. The summed E-state index contributed by atoms with van der Waals surface area (Å²) < 4.78 is 24.2. The zero-order chi connectivity index (χ0) is 17.4. The molecule has 1 atom stereocenters. The highest BCUT2D eigenvalue weighted by atomic mass is 32.2. The van der Waals surface area contributed by atoms with E-state index in [0.717, 1.165) is 11.3 Å². The predicted octanol–water partition coefficient (Wildman–Crippen LogP) is 1.21. The molecule has 1 aromatic carbocycles. The van der Waals surface area contributed by atoms with Gasteiger partial charge in [0.25, 0.3) is 5.91 Å². The van der Waals surface area contributed by atoms with E-state index >= 15 is 0 Å². The van der Waals surface area contributed by atoms with Crippen molar-refractivity contribution in [1.82, 2.24) is 14.7 Å². The Morgan fingerprint density at radius 1 is 1.30 bits per heavy atom. The number of primary sulfonamides is 1. The molecule has 0 fully saturated rings. The molecule has 0 aliphatic carbocycles. The molecular formula is C15H20N4O3S.